The third-order valence-electron chi connectivity index (χ3n) is 3.02. The molecule has 7 heteroatoms. The van der Waals surface area contributed by atoms with Crippen molar-refractivity contribution in [1.29, 1.82) is 0 Å². The SMILES string of the molecule is Cc1oc(Cn2ccc(C(F)(F)F)n2)cc1CNC(C)C. The lowest BCUT2D eigenvalue weighted by atomic mass is 10.2. The maximum atomic E-state index is 12.5. The average molecular weight is 301 g/mol. The Balaban J connectivity index is 2.06. The van der Waals surface area contributed by atoms with Gasteiger partial charge in [-0.3, -0.25) is 4.68 Å². The summed E-state index contributed by atoms with van der Waals surface area (Å²) in [7, 11) is 0. The van der Waals surface area contributed by atoms with Crippen LogP contribution in [0.25, 0.3) is 0 Å². The first-order valence-corrected chi connectivity index (χ1v) is 6.68. The molecular weight excluding hydrogens is 283 g/mol. The zero-order valence-corrected chi connectivity index (χ0v) is 12.2. The second kappa shape index (κ2) is 5.93. The van der Waals surface area contributed by atoms with Crippen LogP contribution in [-0.2, 0) is 19.3 Å². The second-order valence-electron chi connectivity index (χ2n) is 5.23. The van der Waals surface area contributed by atoms with Gasteiger partial charge in [0.15, 0.2) is 5.69 Å². The van der Waals surface area contributed by atoms with Gasteiger partial charge in [-0.2, -0.15) is 18.3 Å². The number of furan rings is 1. The first-order chi connectivity index (χ1) is 9.75. The Kier molecular flexibility index (Phi) is 4.41. The van der Waals surface area contributed by atoms with Crippen LogP contribution in [0.3, 0.4) is 0 Å². The van der Waals surface area contributed by atoms with Crippen LogP contribution in [0.15, 0.2) is 22.7 Å². The summed E-state index contributed by atoms with van der Waals surface area (Å²) in [5.74, 6) is 1.35. The van der Waals surface area contributed by atoms with Crippen molar-refractivity contribution in [3.05, 3.63) is 41.1 Å². The summed E-state index contributed by atoms with van der Waals surface area (Å²) in [4.78, 5) is 0. The highest BCUT2D eigenvalue weighted by Crippen LogP contribution is 2.27. The van der Waals surface area contributed by atoms with E-state index in [1.807, 2.05) is 26.8 Å². The molecule has 2 heterocycles. The molecule has 0 saturated heterocycles. The summed E-state index contributed by atoms with van der Waals surface area (Å²) >= 11 is 0. The minimum atomic E-state index is -4.42. The van der Waals surface area contributed by atoms with Crippen molar-refractivity contribution in [3.8, 4) is 0 Å². The van der Waals surface area contributed by atoms with Gasteiger partial charge >= 0.3 is 6.18 Å². The molecule has 2 aromatic rings. The van der Waals surface area contributed by atoms with E-state index >= 15 is 0 Å². The standard InChI is InChI=1S/C14H18F3N3O/c1-9(2)18-7-11-6-12(21-10(11)3)8-20-5-4-13(19-20)14(15,16)17/h4-6,9,18H,7-8H2,1-3H3. The quantitative estimate of drug-likeness (QED) is 0.921. The second-order valence-corrected chi connectivity index (χ2v) is 5.23. The lowest BCUT2D eigenvalue weighted by molar-refractivity contribution is -0.141. The molecule has 0 fully saturated rings. The van der Waals surface area contributed by atoms with E-state index in [2.05, 4.69) is 10.4 Å². The number of halogens is 3. The Hall–Kier alpha value is -1.76. The minimum absolute atomic E-state index is 0.179. The molecule has 21 heavy (non-hydrogen) atoms. The third kappa shape index (κ3) is 4.10. The van der Waals surface area contributed by atoms with Gasteiger partial charge in [0, 0.05) is 24.3 Å². The van der Waals surface area contributed by atoms with Crippen molar-refractivity contribution in [3.63, 3.8) is 0 Å². The summed E-state index contributed by atoms with van der Waals surface area (Å²) in [6, 6.07) is 3.15. The molecule has 0 unspecified atom stereocenters. The van der Waals surface area contributed by atoms with Gasteiger partial charge < -0.3 is 9.73 Å². The minimum Gasteiger partial charge on any atom is -0.464 e. The van der Waals surface area contributed by atoms with Crippen molar-refractivity contribution < 1.29 is 17.6 Å². The van der Waals surface area contributed by atoms with E-state index in [4.69, 9.17) is 4.42 Å². The zero-order chi connectivity index (χ0) is 15.6. The molecule has 2 rings (SSSR count). The Morgan fingerprint density at radius 1 is 1.38 bits per heavy atom. The number of aryl methyl sites for hydroxylation is 1. The van der Waals surface area contributed by atoms with Gasteiger partial charge in [-0.25, -0.2) is 0 Å². The van der Waals surface area contributed by atoms with Crippen LogP contribution < -0.4 is 5.32 Å². The molecule has 0 aliphatic rings. The van der Waals surface area contributed by atoms with Crippen molar-refractivity contribution in [2.24, 2.45) is 0 Å². The summed E-state index contributed by atoms with van der Waals surface area (Å²) in [5, 5.41) is 6.78. The maximum absolute atomic E-state index is 12.5. The fourth-order valence-corrected chi connectivity index (χ4v) is 1.92. The van der Waals surface area contributed by atoms with Crippen LogP contribution in [0.5, 0.6) is 0 Å². The zero-order valence-electron chi connectivity index (χ0n) is 12.2. The monoisotopic (exact) mass is 301 g/mol. The van der Waals surface area contributed by atoms with Crippen LogP contribution in [0.2, 0.25) is 0 Å². The number of aromatic nitrogens is 2. The summed E-state index contributed by atoms with van der Waals surface area (Å²) in [6.45, 7) is 6.76. The van der Waals surface area contributed by atoms with E-state index in [0.717, 1.165) is 17.4 Å². The highest BCUT2D eigenvalue weighted by Gasteiger charge is 2.33. The van der Waals surface area contributed by atoms with Gasteiger partial charge in [0.1, 0.15) is 11.5 Å². The van der Waals surface area contributed by atoms with Gasteiger partial charge in [0.2, 0.25) is 0 Å². The van der Waals surface area contributed by atoms with E-state index in [1.54, 1.807) is 0 Å². The van der Waals surface area contributed by atoms with Gasteiger partial charge in [0.25, 0.3) is 0 Å². The van der Waals surface area contributed by atoms with Crippen molar-refractivity contribution in [2.75, 3.05) is 0 Å². The number of nitrogens with one attached hydrogen (secondary N) is 1. The number of hydrogen-bond donors (Lipinski definition) is 1. The summed E-state index contributed by atoms with van der Waals surface area (Å²) in [6.07, 6.45) is -3.12. The first kappa shape index (κ1) is 15.6. The Morgan fingerprint density at radius 3 is 2.67 bits per heavy atom. The molecule has 0 radical (unpaired) electrons. The Bertz CT molecular complexity index is 599. The fraction of sp³-hybridized carbons (Fsp3) is 0.500. The molecule has 0 aliphatic heterocycles. The normalized spacial score (nSPS) is 12.3. The topological polar surface area (TPSA) is 43.0 Å². The molecule has 0 saturated carbocycles. The van der Waals surface area contributed by atoms with E-state index in [9.17, 15) is 13.2 Å². The molecule has 0 atom stereocenters. The predicted octanol–water partition coefficient (Wildman–Crippen LogP) is 3.35. The number of alkyl halides is 3. The summed E-state index contributed by atoms with van der Waals surface area (Å²) < 4.78 is 44.2. The van der Waals surface area contributed by atoms with E-state index in [-0.39, 0.29) is 6.54 Å². The molecule has 0 bridgehead atoms. The highest BCUT2D eigenvalue weighted by atomic mass is 19.4. The van der Waals surface area contributed by atoms with Crippen LogP contribution in [-0.4, -0.2) is 15.8 Å². The van der Waals surface area contributed by atoms with Crippen molar-refractivity contribution in [1.82, 2.24) is 15.1 Å². The molecular formula is C14H18F3N3O. The van der Waals surface area contributed by atoms with Gasteiger partial charge in [-0.15, -0.1) is 0 Å². The predicted molar refractivity (Wildman–Crippen MR) is 71.8 cm³/mol. The van der Waals surface area contributed by atoms with Gasteiger partial charge in [-0.1, -0.05) is 13.8 Å². The van der Waals surface area contributed by atoms with E-state index in [1.165, 1.54) is 10.9 Å². The fourth-order valence-electron chi connectivity index (χ4n) is 1.92. The molecule has 0 aromatic carbocycles. The highest BCUT2D eigenvalue weighted by molar-refractivity contribution is 5.21. The smallest absolute Gasteiger partial charge is 0.435 e. The lowest BCUT2D eigenvalue weighted by Crippen LogP contribution is -2.21. The molecule has 1 N–H and O–H groups in total. The Labute approximate surface area is 120 Å². The van der Waals surface area contributed by atoms with Crippen LogP contribution in [0, 0.1) is 6.92 Å². The Morgan fingerprint density at radius 2 is 2.10 bits per heavy atom. The first-order valence-electron chi connectivity index (χ1n) is 6.68. The molecule has 2 aromatic heterocycles. The van der Waals surface area contributed by atoms with Gasteiger partial charge in [-0.05, 0) is 19.1 Å². The lowest BCUT2D eigenvalue weighted by Gasteiger charge is -2.05. The largest absolute Gasteiger partial charge is 0.464 e. The van der Waals surface area contributed by atoms with Crippen molar-refractivity contribution >= 4 is 0 Å². The van der Waals surface area contributed by atoms with Gasteiger partial charge in [0.05, 0.1) is 6.54 Å². The van der Waals surface area contributed by atoms with Crippen LogP contribution in [0.4, 0.5) is 13.2 Å². The van der Waals surface area contributed by atoms with E-state index < -0.39 is 11.9 Å². The number of hydrogen-bond acceptors (Lipinski definition) is 3. The maximum Gasteiger partial charge on any atom is 0.435 e. The molecule has 0 spiro atoms. The molecule has 116 valence electrons. The van der Waals surface area contributed by atoms with Crippen LogP contribution in [0.1, 0.15) is 36.6 Å². The summed E-state index contributed by atoms with van der Waals surface area (Å²) in [5.41, 5.74) is 0.106. The molecule has 0 amide bonds. The number of rotatable bonds is 5. The third-order valence-corrected chi connectivity index (χ3v) is 3.02. The average Bonchev–Trinajstić information content (AvgIpc) is 2.94. The van der Waals surface area contributed by atoms with Crippen LogP contribution >= 0.6 is 0 Å². The van der Waals surface area contributed by atoms with E-state index in [0.29, 0.717) is 18.3 Å². The molecule has 0 aliphatic carbocycles. The van der Waals surface area contributed by atoms with Crippen molar-refractivity contribution in [2.45, 2.75) is 46.1 Å². The molecule has 4 nitrogen and oxygen atoms in total. The number of nitrogens with zero attached hydrogens (tertiary/aromatic N) is 2.